The fourth-order valence-electron chi connectivity index (χ4n) is 2.67. The third kappa shape index (κ3) is 10.1. The van der Waals surface area contributed by atoms with Crippen molar-refractivity contribution >= 4 is 29.4 Å². The number of rotatable bonds is 7. The Labute approximate surface area is 181 Å². The smallest absolute Gasteiger partial charge is 0.481 e. The largest absolute Gasteiger partial charge is 0.490 e. The number of halogens is 3. The normalized spacial score (nSPS) is 14.4. The van der Waals surface area contributed by atoms with Crippen molar-refractivity contribution in [1.82, 2.24) is 16.0 Å². The summed E-state index contributed by atoms with van der Waals surface area (Å²) in [6.45, 7) is 4.99. The molecule has 10 nitrogen and oxygen atoms in total. The highest BCUT2D eigenvalue weighted by Crippen LogP contribution is 2.16. The van der Waals surface area contributed by atoms with Crippen LogP contribution in [0.4, 0.5) is 18.9 Å². The molecule has 2 rings (SSSR count). The van der Waals surface area contributed by atoms with Crippen LogP contribution in [0.3, 0.4) is 0 Å². The SMILES string of the molecule is C[C@H](CC(=O)O)NC(=O)CNC(=O)c1cccc(N2CCNCC2)c1.O=C(O)C(F)(F)F. The van der Waals surface area contributed by atoms with Crippen LogP contribution >= 0.6 is 0 Å². The van der Waals surface area contributed by atoms with Crippen molar-refractivity contribution in [3.05, 3.63) is 29.8 Å². The van der Waals surface area contributed by atoms with Gasteiger partial charge in [-0.1, -0.05) is 6.07 Å². The summed E-state index contributed by atoms with van der Waals surface area (Å²) in [5.41, 5.74) is 1.47. The van der Waals surface area contributed by atoms with Gasteiger partial charge >= 0.3 is 18.1 Å². The lowest BCUT2D eigenvalue weighted by molar-refractivity contribution is -0.192. The zero-order chi connectivity index (χ0) is 24.3. The number of hydrogen-bond donors (Lipinski definition) is 5. The Morgan fingerprint density at radius 1 is 1.16 bits per heavy atom. The number of amides is 2. The van der Waals surface area contributed by atoms with Crippen molar-refractivity contribution in [2.75, 3.05) is 37.6 Å². The predicted octanol–water partition coefficient (Wildman–Crippen LogP) is 0.439. The number of carbonyl (C=O) groups is 4. The van der Waals surface area contributed by atoms with Crippen LogP contribution in [0.2, 0.25) is 0 Å². The van der Waals surface area contributed by atoms with Gasteiger partial charge in [-0.25, -0.2) is 4.79 Å². The van der Waals surface area contributed by atoms with E-state index in [4.69, 9.17) is 15.0 Å². The Hall–Kier alpha value is -3.35. The van der Waals surface area contributed by atoms with E-state index in [1.54, 1.807) is 13.0 Å². The zero-order valence-electron chi connectivity index (χ0n) is 17.2. The molecular formula is C19H25F3N4O6. The molecular weight excluding hydrogens is 437 g/mol. The molecule has 0 spiro atoms. The molecule has 1 aromatic rings. The van der Waals surface area contributed by atoms with Gasteiger partial charge < -0.3 is 31.1 Å². The molecule has 178 valence electrons. The first-order valence-corrected chi connectivity index (χ1v) is 9.55. The van der Waals surface area contributed by atoms with Gasteiger partial charge in [0, 0.05) is 43.5 Å². The number of anilines is 1. The highest BCUT2D eigenvalue weighted by atomic mass is 19.4. The van der Waals surface area contributed by atoms with E-state index in [0.29, 0.717) is 5.56 Å². The molecule has 1 saturated heterocycles. The van der Waals surface area contributed by atoms with Crippen LogP contribution < -0.4 is 20.9 Å². The maximum absolute atomic E-state index is 12.2. The van der Waals surface area contributed by atoms with Crippen LogP contribution in [0.1, 0.15) is 23.7 Å². The lowest BCUT2D eigenvalue weighted by Crippen LogP contribution is -2.43. The fraction of sp³-hybridized carbons (Fsp3) is 0.474. The number of alkyl halides is 3. The number of carbonyl (C=O) groups excluding carboxylic acids is 2. The summed E-state index contributed by atoms with van der Waals surface area (Å²) in [4.78, 5) is 45.7. The van der Waals surface area contributed by atoms with Crippen molar-refractivity contribution in [3.63, 3.8) is 0 Å². The van der Waals surface area contributed by atoms with Crippen LogP contribution in [-0.4, -0.2) is 78.9 Å². The Bertz CT molecular complexity index is 812. The molecule has 32 heavy (non-hydrogen) atoms. The van der Waals surface area contributed by atoms with Gasteiger partial charge in [-0.3, -0.25) is 14.4 Å². The van der Waals surface area contributed by atoms with Crippen molar-refractivity contribution in [3.8, 4) is 0 Å². The van der Waals surface area contributed by atoms with Crippen LogP contribution in [0.5, 0.6) is 0 Å². The number of carboxylic acids is 2. The van der Waals surface area contributed by atoms with E-state index in [2.05, 4.69) is 20.9 Å². The molecule has 1 fully saturated rings. The van der Waals surface area contributed by atoms with Crippen molar-refractivity contribution in [1.29, 1.82) is 0 Å². The van der Waals surface area contributed by atoms with Gasteiger partial charge in [-0.05, 0) is 25.1 Å². The molecule has 0 bridgehead atoms. The minimum Gasteiger partial charge on any atom is -0.481 e. The molecule has 1 atom stereocenters. The molecule has 0 saturated carbocycles. The molecule has 13 heteroatoms. The van der Waals surface area contributed by atoms with Gasteiger partial charge in [0.2, 0.25) is 5.91 Å². The molecule has 1 aromatic carbocycles. The van der Waals surface area contributed by atoms with Crippen LogP contribution in [0, 0.1) is 0 Å². The number of carboxylic acid groups (broad SMARTS) is 2. The lowest BCUT2D eigenvalue weighted by atomic mass is 10.1. The van der Waals surface area contributed by atoms with E-state index in [0.717, 1.165) is 31.9 Å². The van der Waals surface area contributed by atoms with E-state index in [1.165, 1.54) is 0 Å². The molecule has 1 aliphatic heterocycles. The highest BCUT2D eigenvalue weighted by Gasteiger charge is 2.38. The van der Waals surface area contributed by atoms with Gasteiger partial charge in [-0.15, -0.1) is 0 Å². The number of nitrogens with zero attached hydrogens (tertiary/aromatic N) is 1. The summed E-state index contributed by atoms with van der Waals surface area (Å²) < 4.78 is 31.7. The summed E-state index contributed by atoms with van der Waals surface area (Å²) in [6, 6.07) is 6.80. The number of hydrogen-bond acceptors (Lipinski definition) is 6. The highest BCUT2D eigenvalue weighted by molar-refractivity contribution is 5.97. The predicted molar refractivity (Wildman–Crippen MR) is 107 cm³/mol. The molecule has 1 heterocycles. The molecule has 1 aliphatic rings. The van der Waals surface area contributed by atoms with Crippen LogP contribution in [-0.2, 0) is 14.4 Å². The lowest BCUT2D eigenvalue weighted by Gasteiger charge is -2.29. The second-order valence-electron chi connectivity index (χ2n) is 6.84. The third-order valence-corrected chi connectivity index (χ3v) is 4.13. The molecule has 0 radical (unpaired) electrons. The first-order valence-electron chi connectivity index (χ1n) is 9.55. The van der Waals surface area contributed by atoms with Crippen molar-refractivity contribution in [2.45, 2.75) is 25.6 Å². The summed E-state index contributed by atoms with van der Waals surface area (Å²) >= 11 is 0. The molecule has 0 unspecified atom stereocenters. The Morgan fingerprint density at radius 3 is 2.28 bits per heavy atom. The number of nitrogens with one attached hydrogen (secondary N) is 3. The first kappa shape index (κ1) is 26.7. The van der Waals surface area contributed by atoms with E-state index < -0.39 is 30.1 Å². The number of aliphatic carboxylic acids is 2. The van der Waals surface area contributed by atoms with E-state index >= 15 is 0 Å². The molecule has 0 aliphatic carbocycles. The minimum absolute atomic E-state index is 0.160. The topological polar surface area (TPSA) is 148 Å². The second kappa shape index (κ2) is 12.5. The van der Waals surface area contributed by atoms with Crippen molar-refractivity contribution < 1.29 is 42.6 Å². The van der Waals surface area contributed by atoms with Crippen LogP contribution in [0.15, 0.2) is 24.3 Å². The minimum atomic E-state index is -5.08. The van der Waals surface area contributed by atoms with Gasteiger partial charge in [0.25, 0.3) is 5.91 Å². The van der Waals surface area contributed by atoms with Gasteiger partial charge in [0.1, 0.15) is 0 Å². The Morgan fingerprint density at radius 2 is 1.75 bits per heavy atom. The molecule has 5 N–H and O–H groups in total. The van der Waals surface area contributed by atoms with Crippen molar-refractivity contribution in [2.24, 2.45) is 0 Å². The summed E-state index contributed by atoms with van der Waals surface area (Å²) in [5.74, 6) is -4.49. The standard InChI is InChI=1S/C17H24N4O4.C2HF3O2/c1-12(9-16(23)24)20-15(22)11-19-17(25)13-3-2-4-14(10-13)21-7-5-18-6-8-21;3-2(4,5)1(6)7/h2-4,10,12,18H,5-9,11H2,1H3,(H,19,25)(H,20,22)(H,23,24);(H,6,7)/t12-;/m1./s1. The third-order valence-electron chi connectivity index (χ3n) is 4.13. The zero-order valence-corrected chi connectivity index (χ0v) is 17.2. The second-order valence-corrected chi connectivity index (χ2v) is 6.84. The number of benzene rings is 1. The summed E-state index contributed by atoms with van der Waals surface area (Å²) in [6.07, 6.45) is -5.24. The average Bonchev–Trinajstić information content (AvgIpc) is 2.72. The van der Waals surface area contributed by atoms with Gasteiger partial charge in [0.15, 0.2) is 0 Å². The quantitative estimate of drug-likeness (QED) is 0.392. The van der Waals surface area contributed by atoms with Gasteiger partial charge in [-0.2, -0.15) is 13.2 Å². The van der Waals surface area contributed by atoms with E-state index in [1.807, 2.05) is 18.2 Å². The Balaban J connectivity index is 0.000000633. The van der Waals surface area contributed by atoms with E-state index in [9.17, 15) is 27.6 Å². The maximum atomic E-state index is 12.2. The van der Waals surface area contributed by atoms with E-state index in [-0.39, 0.29) is 18.9 Å². The monoisotopic (exact) mass is 462 g/mol. The summed E-state index contributed by atoms with van der Waals surface area (Å²) in [7, 11) is 0. The fourth-order valence-corrected chi connectivity index (χ4v) is 2.67. The maximum Gasteiger partial charge on any atom is 0.490 e. The number of piperazine rings is 1. The van der Waals surface area contributed by atoms with Crippen LogP contribution in [0.25, 0.3) is 0 Å². The Kier molecular flexibility index (Phi) is 10.4. The van der Waals surface area contributed by atoms with Gasteiger partial charge in [0.05, 0.1) is 13.0 Å². The average molecular weight is 462 g/mol. The summed E-state index contributed by atoms with van der Waals surface area (Å²) in [5, 5.41) is 24.2. The first-order chi connectivity index (χ1) is 14.9. The molecule has 2 amide bonds. The molecule has 0 aromatic heterocycles.